The SMILES string of the molecule is CCN(C)C(=O)NC/C=C/CCl. The first kappa shape index (κ1) is 11.3. The van der Waals surface area contributed by atoms with Crippen molar-refractivity contribution in [3.63, 3.8) is 0 Å². The number of halogens is 1. The van der Waals surface area contributed by atoms with Crippen molar-refractivity contribution in [2.45, 2.75) is 6.92 Å². The molecule has 0 aliphatic rings. The van der Waals surface area contributed by atoms with Crippen LogP contribution < -0.4 is 5.32 Å². The molecular formula is C8H15ClN2O. The summed E-state index contributed by atoms with van der Waals surface area (Å²) in [5, 5.41) is 2.71. The van der Waals surface area contributed by atoms with E-state index in [-0.39, 0.29) is 6.03 Å². The van der Waals surface area contributed by atoms with Gasteiger partial charge in [0.05, 0.1) is 0 Å². The Bertz CT molecular complexity index is 159. The first-order valence-corrected chi connectivity index (χ1v) is 4.45. The van der Waals surface area contributed by atoms with Gasteiger partial charge >= 0.3 is 6.03 Å². The summed E-state index contributed by atoms with van der Waals surface area (Å²) in [4.78, 5) is 12.7. The minimum absolute atomic E-state index is 0.0586. The number of hydrogen-bond acceptors (Lipinski definition) is 1. The van der Waals surface area contributed by atoms with Crippen molar-refractivity contribution < 1.29 is 4.79 Å². The van der Waals surface area contributed by atoms with Crippen molar-refractivity contribution in [3.05, 3.63) is 12.2 Å². The lowest BCUT2D eigenvalue weighted by molar-refractivity contribution is 0.212. The second-order valence-electron chi connectivity index (χ2n) is 2.33. The predicted octanol–water partition coefficient (Wildman–Crippen LogP) is 1.44. The second-order valence-corrected chi connectivity index (χ2v) is 2.63. The third kappa shape index (κ3) is 5.02. The molecule has 0 aliphatic carbocycles. The first-order valence-electron chi connectivity index (χ1n) is 3.92. The minimum Gasteiger partial charge on any atom is -0.335 e. The Morgan fingerprint density at radius 3 is 2.75 bits per heavy atom. The first-order chi connectivity index (χ1) is 5.72. The summed E-state index contributed by atoms with van der Waals surface area (Å²) >= 11 is 5.40. The second kappa shape index (κ2) is 6.98. The Morgan fingerprint density at radius 2 is 2.25 bits per heavy atom. The van der Waals surface area contributed by atoms with E-state index in [0.29, 0.717) is 19.0 Å². The van der Waals surface area contributed by atoms with Crippen molar-refractivity contribution in [3.8, 4) is 0 Å². The van der Waals surface area contributed by atoms with E-state index in [0.717, 1.165) is 0 Å². The number of rotatable bonds is 4. The lowest BCUT2D eigenvalue weighted by Gasteiger charge is -2.14. The van der Waals surface area contributed by atoms with Crippen LogP contribution in [0.3, 0.4) is 0 Å². The number of urea groups is 1. The lowest BCUT2D eigenvalue weighted by atomic mass is 10.5. The Labute approximate surface area is 78.4 Å². The standard InChI is InChI=1S/C8H15ClN2O/c1-3-11(2)8(12)10-7-5-4-6-9/h4-5H,3,6-7H2,1-2H3,(H,10,12)/b5-4+. The molecule has 0 bridgehead atoms. The number of nitrogens with zero attached hydrogens (tertiary/aromatic N) is 1. The molecule has 12 heavy (non-hydrogen) atoms. The molecule has 0 fully saturated rings. The summed E-state index contributed by atoms with van der Waals surface area (Å²) in [5.41, 5.74) is 0. The van der Waals surface area contributed by atoms with Gasteiger partial charge in [-0.1, -0.05) is 12.2 Å². The average molecular weight is 191 g/mol. The van der Waals surface area contributed by atoms with Gasteiger partial charge in [-0.15, -0.1) is 11.6 Å². The van der Waals surface area contributed by atoms with Gasteiger partial charge in [-0.2, -0.15) is 0 Å². The van der Waals surface area contributed by atoms with E-state index in [1.54, 1.807) is 18.0 Å². The summed E-state index contributed by atoms with van der Waals surface area (Å²) in [5.74, 6) is 0.486. The fraction of sp³-hybridized carbons (Fsp3) is 0.625. The number of carbonyl (C=O) groups excluding carboxylic acids is 1. The highest BCUT2D eigenvalue weighted by atomic mass is 35.5. The molecule has 0 rings (SSSR count). The van der Waals surface area contributed by atoms with Gasteiger partial charge in [0.1, 0.15) is 0 Å². The molecule has 0 aliphatic heterocycles. The lowest BCUT2D eigenvalue weighted by Crippen LogP contribution is -2.36. The van der Waals surface area contributed by atoms with Gasteiger partial charge in [-0.25, -0.2) is 4.79 Å². The van der Waals surface area contributed by atoms with Crippen molar-refractivity contribution in [1.82, 2.24) is 10.2 Å². The predicted molar refractivity (Wildman–Crippen MR) is 51.6 cm³/mol. The zero-order chi connectivity index (χ0) is 9.40. The Balaban J connectivity index is 3.50. The molecule has 0 aromatic rings. The van der Waals surface area contributed by atoms with E-state index in [2.05, 4.69) is 5.32 Å². The van der Waals surface area contributed by atoms with Crippen LogP contribution in [0.15, 0.2) is 12.2 Å². The van der Waals surface area contributed by atoms with Crippen LogP contribution in [0.5, 0.6) is 0 Å². The molecule has 0 radical (unpaired) electrons. The molecule has 0 spiro atoms. The largest absolute Gasteiger partial charge is 0.335 e. The van der Waals surface area contributed by atoms with E-state index in [4.69, 9.17) is 11.6 Å². The Morgan fingerprint density at radius 1 is 1.58 bits per heavy atom. The van der Waals surface area contributed by atoms with Crippen LogP contribution in [0.1, 0.15) is 6.92 Å². The van der Waals surface area contributed by atoms with E-state index in [9.17, 15) is 4.79 Å². The van der Waals surface area contributed by atoms with Gasteiger partial charge in [0.15, 0.2) is 0 Å². The van der Waals surface area contributed by atoms with Crippen LogP contribution in [-0.2, 0) is 0 Å². The molecular weight excluding hydrogens is 176 g/mol. The molecule has 70 valence electrons. The number of alkyl halides is 1. The molecule has 3 nitrogen and oxygen atoms in total. The van der Waals surface area contributed by atoms with Gasteiger partial charge in [0, 0.05) is 26.0 Å². The van der Waals surface area contributed by atoms with Crippen molar-refractivity contribution in [1.29, 1.82) is 0 Å². The molecule has 0 saturated carbocycles. The molecule has 1 N–H and O–H groups in total. The fourth-order valence-corrected chi connectivity index (χ4v) is 0.697. The normalized spacial score (nSPS) is 10.2. The molecule has 4 heteroatoms. The van der Waals surface area contributed by atoms with E-state index >= 15 is 0 Å². The smallest absolute Gasteiger partial charge is 0.317 e. The van der Waals surface area contributed by atoms with Crippen molar-refractivity contribution in [2.75, 3.05) is 26.0 Å². The number of hydrogen-bond donors (Lipinski definition) is 1. The van der Waals surface area contributed by atoms with Crippen LogP contribution in [0.25, 0.3) is 0 Å². The van der Waals surface area contributed by atoms with Gasteiger partial charge < -0.3 is 10.2 Å². The van der Waals surface area contributed by atoms with E-state index in [1.807, 2.05) is 13.0 Å². The van der Waals surface area contributed by atoms with Gasteiger partial charge in [-0.05, 0) is 6.92 Å². The molecule has 0 aromatic heterocycles. The topological polar surface area (TPSA) is 32.3 Å². The number of allylic oxidation sites excluding steroid dienone is 1. The van der Waals surface area contributed by atoms with Crippen LogP contribution >= 0.6 is 11.6 Å². The van der Waals surface area contributed by atoms with E-state index < -0.39 is 0 Å². The van der Waals surface area contributed by atoms with Crippen LogP contribution in [-0.4, -0.2) is 36.9 Å². The highest BCUT2D eigenvalue weighted by Gasteiger charge is 2.01. The van der Waals surface area contributed by atoms with Gasteiger partial charge in [-0.3, -0.25) is 0 Å². The zero-order valence-electron chi connectivity index (χ0n) is 7.51. The zero-order valence-corrected chi connectivity index (χ0v) is 8.27. The number of carbonyl (C=O) groups is 1. The molecule has 0 aromatic carbocycles. The molecule has 0 unspecified atom stereocenters. The highest BCUT2D eigenvalue weighted by Crippen LogP contribution is 1.82. The summed E-state index contributed by atoms with van der Waals surface area (Å²) in [6, 6.07) is -0.0586. The maximum absolute atomic E-state index is 11.1. The third-order valence-corrected chi connectivity index (χ3v) is 1.63. The van der Waals surface area contributed by atoms with Crippen molar-refractivity contribution in [2.24, 2.45) is 0 Å². The fourth-order valence-electron chi connectivity index (χ4n) is 0.571. The van der Waals surface area contributed by atoms with Gasteiger partial charge in [0.2, 0.25) is 0 Å². The Hall–Kier alpha value is -0.700. The quantitative estimate of drug-likeness (QED) is 0.528. The van der Waals surface area contributed by atoms with Crippen LogP contribution in [0.2, 0.25) is 0 Å². The summed E-state index contributed by atoms with van der Waals surface area (Å²) in [6.45, 7) is 3.18. The maximum Gasteiger partial charge on any atom is 0.317 e. The Kier molecular flexibility index (Phi) is 6.57. The summed E-state index contributed by atoms with van der Waals surface area (Å²) in [7, 11) is 1.75. The summed E-state index contributed by atoms with van der Waals surface area (Å²) in [6.07, 6.45) is 3.63. The molecule has 0 atom stereocenters. The third-order valence-electron chi connectivity index (χ3n) is 1.45. The highest BCUT2D eigenvalue weighted by molar-refractivity contribution is 6.18. The molecule has 0 heterocycles. The minimum atomic E-state index is -0.0586. The van der Waals surface area contributed by atoms with Crippen LogP contribution in [0.4, 0.5) is 4.79 Å². The van der Waals surface area contributed by atoms with Crippen LogP contribution in [0, 0.1) is 0 Å². The van der Waals surface area contributed by atoms with E-state index in [1.165, 1.54) is 0 Å². The van der Waals surface area contributed by atoms with Gasteiger partial charge in [0.25, 0.3) is 0 Å². The molecule has 2 amide bonds. The maximum atomic E-state index is 11.1. The number of nitrogens with one attached hydrogen (secondary N) is 1. The molecule has 0 saturated heterocycles. The van der Waals surface area contributed by atoms with Crippen molar-refractivity contribution >= 4 is 17.6 Å². The average Bonchev–Trinajstić information content (AvgIpc) is 2.10. The monoisotopic (exact) mass is 190 g/mol. The number of amides is 2. The summed E-state index contributed by atoms with van der Waals surface area (Å²) < 4.78 is 0.